The summed E-state index contributed by atoms with van der Waals surface area (Å²) < 4.78 is 11.2. The van der Waals surface area contributed by atoms with Crippen molar-refractivity contribution in [2.24, 2.45) is 0 Å². The number of carboxylic acids is 1. The lowest BCUT2D eigenvalue weighted by Crippen LogP contribution is -2.51. The lowest BCUT2D eigenvalue weighted by molar-refractivity contribution is -0.140. The molecule has 0 radical (unpaired) electrons. The van der Waals surface area contributed by atoms with Gasteiger partial charge in [-0.15, -0.1) is 0 Å². The molecule has 0 spiro atoms. The molecule has 1 aliphatic rings. The van der Waals surface area contributed by atoms with Gasteiger partial charge in [-0.25, -0.2) is 4.79 Å². The average molecular weight is 321 g/mol. The van der Waals surface area contributed by atoms with E-state index < -0.39 is 24.0 Å². The summed E-state index contributed by atoms with van der Waals surface area (Å²) in [5, 5.41) is 9.27. The zero-order chi connectivity index (χ0) is 17.1. The maximum absolute atomic E-state index is 12.4. The van der Waals surface area contributed by atoms with E-state index in [2.05, 4.69) is 0 Å². The molecule has 124 valence electrons. The van der Waals surface area contributed by atoms with Crippen LogP contribution in [0.1, 0.15) is 37.6 Å². The molecular weight excluding hydrogens is 302 g/mol. The molecule has 1 aromatic carbocycles. The predicted octanol–water partition coefficient (Wildman–Crippen LogP) is 1.87. The number of anilines is 1. The summed E-state index contributed by atoms with van der Waals surface area (Å²) in [6, 6.07) is 1.87. The van der Waals surface area contributed by atoms with Crippen molar-refractivity contribution in [3.8, 4) is 11.5 Å². The van der Waals surface area contributed by atoms with Crippen LogP contribution in [-0.4, -0.2) is 42.0 Å². The van der Waals surface area contributed by atoms with Gasteiger partial charge in [-0.2, -0.15) is 0 Å². The van der Waals surface area contributed by atoms with Gasteiger partial charge in [0.15, 0.2) is 17.6 Å². The third-order valence-corrected chi connectivity index (χ3v) is 3.54. The summed E-state index contributed by atoms with van der Waals surface area (Å²) in [7, 11) is 0. The minimum Gasteiger partial charge on any atom is -0.490 e. The number of carboxylic acid groups (broad SMARTS) is 1. The van der Waals surface area contributed by atoms with Crippen LogP contribution in [0.2, 0.25) is 0 Å². The molecule has 2 unspecified atom stereocenters. The van der Waals surface area contributed by atoms with E-state index in [-0.39, 0.29) is 17.0 Å². The molecule has 2 atom stereocenters. The third-order valence-electron chi connectivity index (χ3n) is 3.54. The van der Waals surface area contributed by atoms with Crippen LogP contribution in [0.3, 0.4) is 0 Å². The topological polar surface area (TPSA) is 93.1 Å². The quantitative estimate of drug-likeness (QED) is 0.804. The molecule has 1 amide bonds. The second kappa shape index (κ2) is 6.68. The van der Waals surface area contributed by atoms with Gasteiger partial charge in [-0.1, -0.05) is 6.92 Å². The summed E-state index contributed by atoms with van der Waals surface area (Å²) in [6.45, 7) is 5.29. The molecular formula is C16H19NO6. The number of carbonyl (C=O) groups is 3. The number of ether oxygens (including phenoxy) is 2. The van der Waals surface area contributed by atoms with Crippen LogP contribution in [-0.2, 0) is 9.59 Å². The second-order valence-corrected chi connectivity index (χ2v) is 5.32. The maximum Gasteiger partial charge on any atom is 0.326 e. The zero-order valence-electron chi connectivity index (χ0n) is 13.2. The van der Waals surface area contributed by atoms with E-state index in [0.29, 0.717) is 18.6 Å². The van der Waals surface area contributed by atoms with Crippen LogP contribution in [0, 0.1) is 0 Å². The predicted molar refractivity (Wildman–Crippen MR) is 82.3 cm³/mol. The highest BCUT2D eigenvalue weighted by molar-refractivity contribution is 6.05. The van der Waals surface area contributed by atoms with Crippen molar-refractivity contribution in [3.63, 3.8) is 0 Å². The first-order valence-electron chi connectivity index (χ1n) is 7.39. The lowest BCUT2D eigenvalue weighted by Gasteiger charge is -2.36. The van der Waals surface area contributed by atoms with E-state index >= 15 is 0 Å². The van der Waals surface area contributed by atoms with Crippen molar-refractivity contribution in [2.75, 3.05) is 11.5 Å². The Hall–Kier alpha value is -2.57. The van der Waals surface area contributed by atoms with Gasteiger partial charge in [0.2, 0.25) is 0 Å². The van der Waals surface area contributed by atoms with Gasteiger partial charge >= 0.3 is 5.97 Å². The van der Waals surface area contributed by atoms with Gasteiger partial charge in [0.05, 0.1) is 12.3 Å². The van der Waals surface area contributed by atoms with Crippen LogP contribution in [0.5, 0.6) is 11.5 Å². The molecule has 0 saturated heterocycles. The smallest absolute Gasteiger partial charge is 0.326 e. The number of nitrogens with zero attached hydrogens (tertiary/aromatic N) is 1. The zero-order valence-corrected chi connectivity index (χ0v) is 13.2. The first-order chi connectivity index (χ1) is 10.9. The van der Waals surface area contributed by atoms with E-state index in [1.807, 2.05) is 6.92 Å². The van der Waals surface area contributed by atoms with Crippen molar-refractivity contribution in [3.05, 3.63) is 17.7 Å². The van der Waals surface area contributed by atoms with Crippen molar-refractivity contribution in [1.82, 2.24) is 0 Å². The fraction of sp³-hybridized carbons (Fsp3) is 0.438. The van der Waals surface area contributed by atoms with Gasteiger partial charge in [0, 0.05) is 5.56 Å². The summed E-state index contributed by atoms with van der Waals surface area (Å²) in [5.74, 6) is -1.01. The monoisotopic (exact) mass is 321 g/mol. The molecule has 1 heterocycles. The first-order valence-corrected chi connectivity index (χ1v) is 7.39. The van der Waals surface area contributed by atoms with Gasteiger partial charge in [0.25, 0.3) is 5.91 Å². The Bertz CT molecular complexity index is 642. The van der Waals surface area contributed by atoms with Gasteiger partial charge < -0.3 is 14.6 Å². The van der Waals surface area contributed by atoms with Crippen LogP contribution in [0.25, 0.3) is 0 Å². The highest BCUT2D eigenvalue weighted by Gasteiger charge is 2.39. The molecule has 1 N–H and O–H groups in total. The molecule has 0 aliphatic carbocycles. The van der Waals surface area contributed by atoms with E-state index in [0.717, 1.165) is 11.3 Å². The Balaban J connectivity index is 2.61. The van der Waals surface area contributed by atoms with Crippen molar-refractivity contribution < 1.29 is 29.0 Å². The maximum atomic E-state index is 12.4. The standard InChI is InChI=1S/C16H19NO6/c1-4-5-22-13-7-11(8-18)6-12-14(13)23-10(3)15(19)17(12)9(2)16(20)21/h6-10H,4-5H2,1-3H3,(H,20,21). The highest BCUT2D eigenvalue weighted by Crippen LogP contribution is 2.43. The number of benzene rings is 1. The molecule has 23 heavy (non-hydrogen) atoms. The number of aldehydes is 1. The van der Waals surface area contributed by atoms with Crippen molar-refractivity contribution >= 4 is 23.9 Å². The number of aliphatic carboxylic acids is 1. The number of rotatable bonds is 6. The fourth-order valence-corrected chi connectivity index (χ4v) is 2.34. The molecule has 0 fully saturated rings. The molecule has 7 nitrogen and oxygen atoms in total. The van der Waals surface area contributed by atoms with E-state index in [9.17, 15) is 19.5 Å². The molecule has 1 aliphatic heterocycles. The van der Waals surface area contributed by atoms with Crippen LogP contribution < -0.4 is 14.4 Å². The normalized spacial score (nSPS) is 18.0. The van der Waals surface area contributed by atoms with E-state index in [1.54, 1.807) is 6.92 Å². The van der Waals surface area contributed by atoms with Crippen molar-refractivity contribution in [2.45, 2.75) is 39.3 Å². The average Bonchev–Trinajstić information content (AvgIpc) is 2.53. The van der Waals surface area contributed by atoms with E-state index in [4.69, 9.17) is 9.47 Å². The molecule has 1 aromatic rings. The summed E-state index contributed by atoms with van der Waals surface area (Å²) in [4.78, 5) is 36.0. The largest absolute Gasteiger partial charge is 0.490 e. The molecule has 7 heteroatoms. The molecule has 0 aromatic heterocycles. The van der Waals surface area contributed by atoms with Crippen molar-refractivity contribution in [1.29, 1.82) is 0 Å². The Kier molecular flexibility index (Phi) is 4.88. The Morgan fingerprint density at radius 2 is 2.22 bits per heavy atom. The number of hydrogen-bond acceptors (Lipinski definition) is 5. The Morgan fingerprint density at radius 3 is 2.78 bits per heavy atom. The summed E-state index contributed by atoms with van der Waals surface area (Å²) >= 11 is 0. The molecule has 0 bridgehead atoms. The number of fused-ring (bicyclic) bond motifs is 1. The number of hydrogen-bond donors (Lipinski definition) is 1. The lowest BCUT2D eigenvalue weighted by atomic mass is 10.1. The number of carbonyl (C=O) groups excluding carboxylic acids is 2. The third kappa shape index (κ3) is 3.13. The highest BCUT2D eigenvalue weighted by atomic mass is 16.5. The SMILES string of the molecule is CCCOc1cc(C=O)cc2c1OC(C)C(=O)N2C(C)C(=O)O. The second-order valence-electron chi connectivity index (χ2n) is 5.32. The molecule has 0 saturated carbocycles. The number of amides is 1. The van der Waals surface area contributed by atoms with Gasteiger partial charge in [-0.05, 0) is 32.4 Å². The molecule has 2 rings (SSSR count). The first kappa shape index (κ1) is 16.8. The minimum atomic E-state index is -1.15. The van der Waals surface area contributed by atoms with Gasteiger partial charge in [0.1, 0.15) is 12.3 Å². The minimum absolute atomic E-state index is 0.235. The van der Waals surface area contributed by atoms with Crippen LogP contribution in [0.15, 0.2) is 12.1 Å². The fourth-order valence-electron chi connectivity index (χ4n) is 2.34. The van der Waals surface area contributed by atoms with E-state index in [1.165, 1.54) is 19.1 Å². The van der Waals surface area contributed by atoms with Crippen LogP contribution in [0.4, 0.5) is 5.69 Å². The Morgan fingerprint density at radius 1 is 1.52 bits per heavy atom. The van der Waals surface area contributed by atoms with Gasteiger partial charge in [-0.3, -0.25) is 14.5 Å². The van der Waals surface area contributed by atoms with Crippen LogP contribution >= 0.6 is 0 Å². The summed E-state index contributed by atoms with van der Waals surface area (Å²) in [6.07, 6.45) is 0.532. The summed E-state index contributed by atoms with van der Waals surface area (Å²) in [5.41, 5.74) is 0.516. The Labute approximate surface area is 133 Å².